The van der Waals surface area contributed by atoms with E-state index < -0.39 is 14.0 Å². The molecular weight excluding hydrogens is 202 g/mol. The fourth-order valence-corrected chi connectivity index (χ4v) is 0.305. The van der Waals surface area contributed by atoms with Gasteiger partial charge in [0, 0.05) is 17.1 Å². The van der Waals surface area contributed by atoms with Gasteiger partial charge in [-0.2, -0.15) is 0 Å². The van der Waals surface area contributed by atoms with Gasteiger partial charge in [0.05, 0.1) is 0 Å². The van der Waals surface area contributed by atoms with Gasteiger partial charge in [-0.15, -0.1) is 0 Å². The summed E-state index contributed by atoms with van der Waals surface area (Å²) < 4.78 is 12.6. The van der Waals surface area contributed by atoms with Gasteiger partial charge in [-0.25, -0.2) is 9.36 Å². The molecule has 0 saturated carbocycles. The molecule has 0 rings (SSSR count). The number of phosphoric acid groups is 1. The molecule has 0 heterocycles. The number of hydrogen-bond acceptors (Lipinski definition) is 3. The van der Waals surface area contributed by atoms with Crippen molar-refractivity contribution in [3.8, 4) is 0 Å². The van der Waals surface area contributed by atoms with E-state index in [-0.39, 0.29) is 35.9 Å². The van der Waals surface area contributed by atoms with Crippen molar-refractivity contribution in [3.05, 3.63) is 0 Å². The second kappa shape index (κ2) is 6.26. The molecule has 0 aliphatic rings. The van der Waals surface area contributed by atoms with E-state index in [2.05, 4.69) is 4.52 Å². The van der Waals surface area contributed by atoms with Gasteiger partial charge >= 0.3 is 32.8 Å². The summed E-state index contributed by atoms with van der Waals surface area (Å²) in [7, 11) is -4.82. The summed E-state index contributed by atoms with van der Waals surface area (Å²) in [6, 6.07) is 0. The molecule has 6 nitrogen and oxygen atoms in total. The molecule has 3 N–H and O–H groups in total. The van der Waals surface area contributed by atoms with Crippen molar-refractivity contribution >= 4 is 32.8 Å². The van der Waals surface area contributed by atoms with Crippen LogP contribution < -0.4 is 0 Å². The Kier molecular flexibility index (Phi) is 10.6. The second-order valence-electron chi connectivity index (χ2n) is 0.848. The van der Waals surface area contributed by atoms with Crippen LogP contribution in [-0.4, -0.2) is 39.9 Å². The van der Waals surface area contributed by atoms with E-state index in [1.54, 1.807) is 0 Å². The first-order valence-corrected chi connectivity index (χ1v) is 2.93. The molecule has 10 heavy (non-hydrogen) atoms. The Labute approximate surface area is 78.8 Å². The molecule has 0 amide bonds. The van der Waals surface area contributed by atoms with E-state index in [0.29, 0.717) is 0 Å². The summed E-state index contributed by atoms with van der Waals surface area (Å²) in [4.78, 5) is 24.7. The van der Waals surface area contributed by atoms with Gasteiger partial charge in [0.1, 0.15) is 0 Å². The van der Waals surface area contributed by atoms with Crippen molar-refractivity contribution in [2.24, 2.45) is 0 Å². The maximum absolute atomic E-state index is 9.53. The van der Waals surface area contributed by atoms with Crippen LogP contribution in [0.5, 0.6) is 0 Å². The number of rotatable bonds is 1. The summed E-state index contributed by atoms with van der Waals surface area (Å²) in [5.41, 5.74) is 0. The van der Waals surface area contributed by atoms with E-state index in [0.717, 1.165) is 0 Å². The molecule has 0 unspecified atom stereocenters. The van der Waals surface area contributed by atoms with Crippen LogP contribution in [0.2, 0.25) is 0 Å². The van der Waals surface area contributed by atoms with Crippen molar-refractivity contribution in [2.45, 2.75) is 0 Å². The van der Waals surface area contributed by atoms with Crippen LogP contribution in [0, 0.1) is 0 Å². The molecule has 0 bridgehead atoms. The molecule has 0 atom stereocenters. The van der Waals surface area contributed by atoms with E-state index in [1.165, 1.54) is 0 Å². The number of hydrogen-bond donors (Lipinski definition) is 3. The molecule has 0 saturated heterocycles. The van der Waals surface area contributed by atoms with Crippen LogP contribution in [-0.2, 0) is 26.2 Å². The predicted octanol–water partition coefficient (Wildman–Crippen LogP) is -0.877. The van der Waals surface area contributed by atoms with Crippen LogP contribution in [0.3, 0.4) is 0 Å². The Hall–Kier alpha value is 0.537. The van der Waals surface area contributed by atoms with Gasteiger partial charge in [0.25, 0.3) is 0 Å². The molecule has 0 aromatic heterocycles. The zero-order chi connectivity index (χ0) is 6.78. The monoisotopic (exact) mass is 206 g/mol. The van der Waals surface area contributed by atoms with Gasteiger partial charge in [0.15, 0.2) is 0 Å². The third-order valence-electron chi connectivity index (χ3n) is 0.197. The maximum atomic E-state index is 9.53. The minimum absolute atomic E-state index is 0. The molecule has 0 radical (unpaired) electrons. The molecule has 0 fully saturated rings. The molecule has 0 aliphatic heterocycles. The minimum atomic E-state index is -4.82. The summed E-state index contributed by atoms with van der Waals surface area (Å²) in [5, 5.41) is 7.53. The summed E-state index contributed by atoms with van der Waals surface area (Å²) in [5.74, 6) is 0. The Balaban J connectivity index is -0.000000245. The van der Waals surface area contributed by atoms with Gasteiger partial charge in [-0.3, -0.25) is 9.79 Å². The number of carboxylic acid groups (broad SMARTS) is 1. The average Bonchev–Trinajstić information content (AvgIpc) is 1.21. The van der Waals surface area contributed by atoms with E-state index in [9.17, 15) is 9.36 Å². The zero-order valence-corrected chi connectivity index (χ0v) is 5.87. The standard InChI is InChI=1S/CH3O6P.Fe.Li.H/c2-1(3)7-8(4,5)6;;;/h(H,2,3)(H2,4,5,6);;;. The normalized spacial score (nSPS) is 8.60. The molecule has 0 spiro atoms. The van der Waals surface area contributed by atoms with Gasteiger partial charge < -0.3 is 9.63 Å². The van der Waals surface area contributed by atoms with Crippen molar-refractivity contribution in [1.82, 2.24) is 0 Å². The Morgan fingerprint density at radius 1 is 1.40 bits per heavy atom. The van der Waals surface area contributed by atoms with Crippen LogP contribution in [0.15, 0.2) is 0 Å². The summed E-state index contributed by atoms with van der Waals surface area (Å²) in [6.45, 7) is 0. The molecule has 9 heteroatoms. The van der Waals surface area contributed by atoms with E-state index >= 15 is 0 Å². The molecule has 0 aromatic carbocycles. The first-order chi connectivity index (χ1) is 3.42. The van der Waals surface area contributed by atoms with Crippen LogP contribution in [0.1, 0.15) is 0 Å². The SMILES string of the molecule is O=C(O)OP(=O)(O)O.[Fe].[LiH]. The van der Waals surface area contributed by atoms with Crippen molar-refractivity contribution in [2.75, 3.05) is 0 Å². The topological polar surface area (TPSA) is 104 Å². The van der Waals surface area contributed by atoms with Crippen LogP contribution in [0.25, 0.3) is 0 Å². The first kappa shape index (κ1) is 16.9. The fourth-order valence-electron chi connectivity index (χ4n) is 0.102. The average molecular weight is 206 g/mol. The van der Waals surface area contributed by atoms with Crippen molar-refractivity contribution < 1.29 is 45.8 Å². The summed E-state index contributed by atoms with van der Waals surface area (Å²) in [6.07, 6.45) is -1.99. The second-order valence-corrected chi connectivity index (χ2v) is 2.01. The molecule has 58 valence electrons. The number of phosphoric ester groups is 1. The van der Waals surface area contributed by atoms with Crippen LogP contribution >= 0.6 is 7.82 Å². The van der Waals surface area contributed by atoms with Crippen LogP contribution in [0.4, 0.5) is 4.79 Å². The van der Waals surface area contributed by atoms with E-state index in [4.69, 9.17) is 14.9 Å². The first-order valence-electron chi connectivity index (χ1n) is 1.40. The quantitative estimate of drug-likeness (QED) is 0.380. The fraction of sp³-hybridized carbons (Fsp3) is 0. The Bertz CT molecular complexity index is 141. The van der Waals surface area contributed by atoms with Gasteiger partial charge in [-0.1, -0.05) is 0 Å². The zero-order valence-electron chi connectivity index (χ0n) is 3.87. The third kappa shape index (κ3) is 15.8. The third-order valence-corrected chi connectivity index (χ3v) is 0.591. The Morgan fingerprint density at radius 3 is 1.70 bits per heavy atom. The molecule has 0 aromatic rings. The van der Waals surface area contributed by atoms with E-state index in [1.807, 2.05) is 0 Å². The molecular formula is CH4FeLiO6P. The predicted molar refractivity (Wildman–Crippen MR) is 28.3 cm³/mol. The summed E-state index contributed by atoms with van der Waals surface area (Å²) >= 11 is 0. The number of carbonyl (C=O) groups is 1. The van der Waals surface area contributed by atoms with Gasteiger partial charge in [0.2, 0.25) is 0 Å². The molecule has 0 aliphatic carbocycles. The van der Waals surface area contributed by atoms with Gasteiger partial charge in [-0.05, 0) is 0 Å². The van der Waals surface area contributed by atoms with Crippen molar-refractivity contribution in [1.29, 1.82) is 0 Å². The Morgan fingerprint density at radius 2 is 1.70 bits per heavy atom. The van der Waals surface area contributed by atoms with Crippen molar-refractivity contribution in [3.63, 3.8) is 0 Å².